The first-order valence-corrected chi connectivity index (χ1v) is 9.98. The number of anilines is 1. The van der Waals surface area contributed by atoms with Crippen LogP contribution in [-0.4, -0.2) is 55.4 Å². The quantitative estimate of drug-likeness (QED) is 0.516. The van der Waals surface area contributed by atoms with Gasteiger partial charge in [-0.05, 0) is 56.8 Å². The second-order valence-electron chi connectivity index (χ2n) is 7.28. The third-order valence-electron chi connectivity index (χ3n) is 4.81. The number of carbonyl (C=O) groups is 1. The molecule has 0 spiro atoms. The number of methoxy groups -OCH3 is 2. The number of aromatic amines is 1. The molecule has 164 valence electrons. The molecule has 1 amide bonds. The van der Waals surface area contributed by atoms with Crippen LogP contribution in [0.15, 0.2) is 48.5 Å². The molecule has 0 aliphatic heterocycles. The summed E-state index contributed by atoms with van der Waals surface area (Å²) >= 11 is 0. The van der Waals surface area contributed by atoms with Gasteiger partial charge >= 0.3 is 0 Å². The smallest absolute Gasteiger partial charge is 0.238 e. The Morgan fingerprint density at radius 2 is 1.77 bits per heavy atom. The minimum Gasteiger partial charge on any atom is -0.497 e. The largest absolute Gasteiger partial charge is 0.497 e. The fraction of sp³-hybridized carbons (Fsp3) is 0.304. The average molecular weight is 426 g/mol. The first-order valence-electron chi connectivity index (χ1n) is 9.98. The molecule has 7 nitrogen and oxygen atoms in total. The van der Waals surface area contributed by atoms with Crippen molar-refractivity contribution in [2.45, 2.75) is 12.8 Å². The summed E-state index contributed by atoms with van der Waals surface area (Å²) in [6.07, 6.45) is 1.66. The summed E-state index contributed by atoms with van der Waals surface area (Å²) in [5.74, 6) is 0.847. The molecule has 0 aliphatic rings. The number of aryl methyl sites for hydroxylation is 1. The number of rotatable bonds is 10. The van der Waals surface area contributed by atoms with Crippen molar-refractivity contribution in [3.8, 4) is 22.8 Å². The number of aromatic nitrogens is 2. The minimum absolute atomic E-state index is 0.113. The topological polar surface area (TPSA) is 79.5 Å². The highest BCUT2D eigenvalue weighted by atomic mass is 19.1. The van der Waals surface area contributed by atoms with Gasteiger partial charge in [-0.3, -0.25) is 14.8 Å². The van der Waals surface area contributed by atoms with Crippen molar-refractivity contribution in [2.24, 2.45) is 0 Å². The predicted molar refractivity (Wildman–Crippen MR) is 118 cm³/mol. The van der Waals surface area contributed by atoms with Gasteiger partial charge < -0.3 is 14.8 Å². The van der Waals surface area contributed by atoms with Crippen LogP contribution in [0.4, 0.5) is 10.1 Å². The van der Waals surface area contributed by atoms with Gasteiger partial charge in [0.25, 0.3) is 0 Å². The van der Waals surface area contributed by atoms with Crippen LogP contribution >= 0.6 is 0 Å². The molecule has 2 N–H and O–H groups in total. The van der Waals surface area contributed by atoms with Gasteiger partial charge in [-0.2, -0.15) is 5.10 Å². The molecule has 0 fully saturated rings. The maximum absolute atomic E-state index is 13.1. The summed E-state index contributed by atoms with van der Waals surface area (Å²) in [6, 6.07) is 13.5. The molecule has 8 heteroatoms. The summed E-state index contributed by atoms with van der Waals surface area (Å²) < 4.78 is 23.5. The highest BCUT2D eigenvalue weighted by Crippen LogP contribution is 2.25. The molecule has 0 saturated heterocycles. The lowest BCUT2D eigenvalue weighted by Crippen LogP contribution is -2.31. The Labute approximate surface area is 181 Å². The van der Waals surface area contributed by atoms with Crippen LogP contribution in [0.3, 0.4) is 0 Å². The number of ether oxygens (including phenoxy) is 2. The van der Waals surface area contributed by atoms with Crippen LogP contribution in [0.1, 0.15) is 12.1 Å². The van der Waals surface area contributed by atoms with E-state index in [2.05, 4.69) is 15.5 Å². The lowest BCUT2D eigenvalue weighted by molar-refractivity contribution is -0.117. The number of hydrogen-bond acceptors (Lipinski definition) is 5. The Morgan fingerprint density at radius 3 is 2.42 bits per heavy atom. The zero-order chi connectivity index (χ0) is 22.2. The van der Waals surface area contributed by atoms with E-state index in [4.69, 9.17) is 9.47 Å². The summed E-state index contributed by atoms with van der Waals surface area (Å²) in [4.78, 5) is 14.3. The van der Waals surface area contributed by atoms with Crippen LogP contribution in [0.2, 0.25) is 0 Å². The van der Waals surface area contributed by atoms with Crippen molar-refractivity contribution in [3.05, 3.63) is 60.0 Å². The summed E-state index contributed by atoms with van der Waals surface area (Å²) in [5.41, 5.74) is 3.28. The van der Waals surface area contributed by atoms with Crippen LogP contribution in [0, 0.1) is 5.82 Å². The molecule has 0 saturated carbocycles. The molecule has 0 unspecified atom stereocenters. The molecule has 3 rings (SSSR count). The molecule has 0 radical (unpaired) electrons. The first-order chi connectivity index (χ1) is 15.0. The minimum atomic E-state index is -0.267. The van der Waals surface area contributed by atoms with E-state index < -0.39 is 0 Å². The van der Waals surface area contributed by atoms with E-state index in [1.54, 1.807) is 44.6 Å². The Balaban J connectivity index is 1.44. The SMILES string of the molecule is COc1cc(NC(=O)CN(C)CCCc2cc(-c3ccc(F)cc3)n[nH]2)cc(OC)c1. The van der Waals surface area contributed by atoms with Crippen molar-refractivity contribution in [2.75, 3.05) is 39.7 Å². The Hall–Kier alpha value is -3.39. The third-order valence-corrected chi connectivity index (χ3v) is 4.81. The van der Waals surface area contributed by atoms with Crippen LogP contribution in [-0.2, 0) is 11.2 Å². The van der Waals surface area contributed by atoms with E-state index in [9.17, 15) is 9.18 Å². The molecule has 31 heavy (non-hydrogen) atoms. The van der Waals surface area contributed by atoms with Gasteiger partial charge in [-0.15, -0.1) is 0 Å². The molecule has 0 aliphatic carbocycles. The van der Waals surface area contributed by atoms with Crippen molar-refractivity contribution in [1.29, 1.82) is 0 Å². The van der Waals surface area contributed by atoms with Gasteiger partial charge in [-0.25, -0.2) is 4.39 Å². The lowest BCUT2D eigenvalue weighted by atomic mass is 10.1. The number of nitrogens with zero attached hydrogens (tertiary/aromatic N) is 2. The number of carbonyl (C=O) groups excluding carboxylic acids is 1. The van der Waals surface area contributed by atoms with E-state index in [0.717, 1.165) is 36.3 Å². The van der Waals surface area contributed by atoms with E-state index in [0.29, 0.717) is 17.2 Å². The summed E-state index contributed by atoms with van der Waals surface area (Å²) in [6.45, 7) is 1.02. The Kier molecular flexibility index (Phi) is 7.61. The molecule has 0 bridgehead atoms. The van der Waals surface area contributed by atoms with Gasteiger partial charge in [-0.1, -0.05) is 0 Å². The maximum Gasteiger partial charge on any atom is 0.238 e. The number of hydrogen-bond donors (Lipinski definition) is 2. The second kappa shape index (κ2) is 10.6. The van der Waals surface area contributed by atoms with Crippen molar-refractivity contribution < 1.29 is 18.7 Å². The summed E-state index contributed by atoms with van der Waals surface area (Å²) in [7, 11) is 5.04. The van der Waals surface area contributed by atoms with Crippen molar-refractivity contribution in [1.82, 2.24) is 15.1 Å². The summed E-state index contributed by atoms with van der Waals surface area (Å²) in [5, 5.41) is 10.2. The lowest BCUT2D eigenvalue weighted by Gasteiger charge is -2.16. The number of halogens is 1. The van der Waals surface area contributed by atoms with Crippen LogP contribution in [0.5, 0.6) is 11.5 Å². The fourth-order valence-electron chi connectivity index (χ4n) is 3.20. The zero-order valence-electron chi connectivity index (χ0n) is 17.9. The Bertz CT molecular complexity index is 982. The number of amides is 1. The zero-order valence-corrected chi connectivity index (χ0v) is 17.9. The van der Waals surface area contributed by atoms with E-state index in [1.807, 2.05) is 18.0 Å². The van der Waals surface area contributed by atoms with Crippen molar-refractivity contribution >= 4 is 11.6 Å². The third kappa shape index (κ3) is 6.55. The standard InChI is InChI=1S/C23H27FN4O3/c1-28(15-23(29)25-19-11-20(30-2)14-21(12-19)31-3)10-4-5-18-13-22(27-26-18)16-6-8-17(24)9-7-16/h6-9,11-14H,4-5,10,15H2,1-3H3,(H,25,29)(H,26,27). The molecule has 3 aromatic rings. The monoisotopic (exact) mass is 426 g/mol. The van der Waals surface area contributed by atoms with E-state index in [1.165, 1.54) is 12.1 Å². The van der Waals surface area contributed by atoms with Gasteiger partial charge in [0.1, 0.15) is 17.3 Å². The van der Waals surface area contributed by atoms with E-state index in [-0.39, 0.29) is 18.3 Å². The number of benzene rings is 2. The number of likely N-dealkylation sites (N-methyl/N-ethyl adjacent to an activating group) is 1. The number of H-pyrrole nitrogens is 1. The van der Waals surface area contributed by atoms with Gasteiger partial charge in [0.15, 0.2) is 0 Å². The fourth-order valence-corrected chi connectivity index (χ4v) is 3.20. The number of nitrogens with one attached hydrogen (secondary N) is 2. The highest BCUT2D eigenvalue weighted by Gasteiger charge is 2.10. The van der Waals surface area contributed by atoms with Crippen LogP contribution in [0.25, 0.3) is 11.3 Å². The molecule has 1 heterocycles. The van der Waals surface area contributed by atoms with Crippen molar-refractivity contribution in [3.63, 3.8) is 0 Å². The maximum atomic E-state index is 13.1. The molecule has 0 atom stereocenters. The first kappa shape index (κ1) is 22.3. The molecular formula is C23H27FN4O3. The second-order valence-corrected chi connectivity index (χ2v) is 7.28. The van der Waals surface area contributed by atoms with Gasteiger partial charge in [0.2, 0.25) is 5.91 Å². The Morgan fingerprint density at radius 1 is 1.10 bits per heavy atom. The average Bonchev–Trinajstić information content (AvgIpc) is 3.22. The van der Waals surface area contributed by atoms with Gasteiger partial charge in [0, 0.05) is 35.1 Å². The van der Waals surface area contributed by atoms with Gasteiger partial charge in [0.05, 0.1) is 26.5 Å². The normalized spacial score (nSPS) is 10.9. The predicted octanol–water partition coefficient (Wildman–Crippen LogP) is 3.74. The molecule has 2 aromatic carbocycles. The van der Waals surface area contributed by atoms with Crippen LogP contribution < -0.4 is 14.8 Å². The van der Waals surface area contributed by atoms with E-state index >= 15 is 0 Å². The molecule has 1 aromatic heterocycles. The molecular weight excluding hydrogens is 399 g/mol. The highest BCUT2D eigenvalue weighted by molar-refractivity contribution is 5.92.